The maximum absolute atomic E-state index is 13.0. The highest BCUT2D eigenvalue weighted by Gasteiger charge is 2.54. The molecule has 72 heavy (non-hydrogen) atoms. The van der Waals surface area contributed by atoms with Gasteiger partial charge in [-0.1, -0.05) is 165 Å². The lowest BCUT2D eigenvalue weighted by Crippen LogP contribution is -2.65. The van der Waals surface area contributed by atoms with E-state index in [0.29, 0.717) is 25.7 Å². The summed E-state index contributed by atoms with van der Waals surface area (Å²) in [4.78, 5) is 79.6. The van der Waals surface area contributed by atoms with Crippen LogP contribution in [0.25, 0.3) is 0 Å². The molecule has 22 nitrogen and oxygen atoms in total. The zero-order valence-electron chi connectivity index (χ0n) is 43.8. The molecule has 0 heterocycles. The van der Waals surface area contributed by atoms with E-state index in [9.17, 15) is 58.2 Å². The van der Waals surface area contributed by atoms with Gasteiger partial charge in [0, 0.05) is 12.8 Å². The van der Waals surface area contributed by atoms with Crippen molar-refractivity contribution in [2.75, 3.05) is 13.2 Å². The molecule has 0 amide bonds. The van der Waals surface area contributed by atoms with Crippen LogP contribution >= 0.6 is 23.5 Å². The number of quaternary nitrogens is 3. The normalized spacial score (nSPS) is 22.1. The summed E-state index contributed by atoms with van der Waals surface area (Å²) in [6, 6.07) is 0. The number of allylic oxidation sites excluding steroid dienone is 8. The highest BCUT2D eigenvalue weighted by molar-refractivity contribution is 7.46. The second kappa shape index (κ2) is 44.2. The molecule has 0 aliphatic heterocycles. The molecule has 426 valence electrons. The van der Waals surface area contributed by atoms with Gasteiger partial charge >= 0.3 is 11.9 Å². The van der Waals surface area contributed by atoms with Crippen molar-refractivity contribution in [1.82, 2.24) is 18.5 Å². The standard InChI is InChI=1S/C47H85O19P3.3H3N/c1-3-5-7-9-11-13-15-17-19-20-22-24-26-28-30-32-34-36-41(49)63-39(37-61-40(48)35-33-31-29-27-25-23-21-18-16-14-12-10-8-6-4-2)38-62-69(59,60)66-45-42(50)43(51)46(64-67(53,54)55)47(44(45)52)65-68(56,57)58;;;/h11,13,17,19,22,24,28,30,39,42-47,50-52H,3-10,12,14-16,18,20-21,23,25-27,29,31-38H2,1-2H3,(H,59,60)(H2,53,54,55)(H2,56,57,58);3*1H3. The van der Waals surface area contributed by atoms with Crippen molar-refractivity contribution in [1.29, 1.82) is 0 Å². The van der Waals surface area contributed by atoms with Gasteiger partial charge in [-0.05, 0) is 51.4 Å². The van der Waals surface area contributed by atoms with Gasteiger partial charge < -0.3 is 85.8 Å². The Balaban J connectivity index is -0.0000159. The first-order valence-electron chi connectivity index (χ1n) is 24.9. The highest BCUT2D eigenvalue weighted by Crippen LogP contribution is 2.48. The molecule has 0 aromatic carbocycles. The second-order valence-corrected chi connectivity index (χ2v) is 21.0. The minimum absolute atomic E-state index is 0. The number of unbranched alkanes of at least 4 members (excludes halogenated alkanes) is 18. The minimum Gasteiger partial charge on any atom is -0.756 e. The average molecular weight is 1100 g/mol. The van der Waals surface area contributed by atoms with Gasteiger partial charge in [0.2, 0.25) is 0 Å². The molecule has 1 fully saturated rings. The van der Waals surface area contributed by atoms with Gasteiger partial charge in [-0.15, -0.1) is 0 Å². The van der Waals surface area contributed by atoms with Crippen molar-refractivity contribution in [2.24, 2.45) is 0 Å². The van der Waals surface area contributed by atoms with Crippen LogP contribution in [0.5, 0.6) is 0 Å². The molecule has 0 radical (unpaired) electrons. The molecule has 1 aliphatic rings. The Hall–Kier alpha value is -2.01. The largest absolute Gasteiger partial charge is 0.756 e. The van der Waals surface area contributed by atoms with Crippen LogP contribution < -0.4 is 33.1 Å². The first kappa shape index (κ1) is 74.2. The Kier molecular flexibility index (Phi) is 45.5. The van der Waals surface area contributed by atoms with Crippen molar-refractivity contribution in [3.05, 3.63) is 48.6 Å². The van der Waals surface area contributed by atoms with E-state index in [1.165, 1.54) is 83.5 Å². The zero-order valence-corrected chi connectivity index (χ0v) is 46.4. The van der Waals surface area contributed by atoms with Crippen molar-refractivity contribution in [3.63, 3.8) is 0 Å². The van der Waals surface area contributed by atoms with E-state index in [1.807, 2.05) is 18.2 Å². The van der Waals surface area contributed by atoms with Crippen LogP contribution in [-0.4, -0.2) is 93.0 Å². The Morgan fingerprint density at radius 2 is 0.861 bits per heavy atom. The molecule has 1 aliphatic carbocycles. The average Bonchev–Trinajstić information content (AvgIpc) is 3.28. The van der Waals surface area contributed by atoms with Gasteiger partial charge in [0.25, 0.3) is 23.5 Å². The summed E-state index contributed by atoms with van der Waals surface area (Å²) in [5.41, 5.74) is 0. The van der Waals surface area contributed by atoms with Gasteiger partial charge in [-0.2, -0.15) is 0 Å². The molecule has 0 aromatic rings. The van der Waals surface area contributed by atoms with Crippen molar-refractivity contribution >= 4 is 35.4 Å². The van der Waals surface area contributed by atoms with E-state index in [1.54, 1.807) is 0 Å². The molecule has 25 heteroatoms. The highest BCUT2D eigenvalue weighted by atomic mass is 31.2. The molecule has 10 atom stereocenters. The summed E-state index contributed by atoms with van der Waals surface area (Å²) in [5.74, 6) is -1.42. The van der Waals surface area contributed by atoms with Gasteiger partial charge in [-0.3, -0.25) is 23.3 Å². The second-order valence-electron chi connectivity index (χ2n) is 17.3. The number of ether oxygens (including phenoxy) is 2. The molecular formula is C47H94N3O19P3. The van der Waals surface area contributed by atoms with Crippen LogP contribution in [0.3, 0.4) is 0 Å². The number of phosphoric acid groups is 3. The summed E-state index contributed by atoms with van der Waals surface area (Å²) >= 11 is 0. The van der Waals surface area contributed by atoms with E-state index in [2.05, 4.69) is 53.3 Å². The predicted molar refractivity (Wildman–Crippen MR) is 273 cm³/mol. The number of hydrogen-bond donors (Lipinski definition) is 8. The SMILES string of the molecule is CCCCCC=CCC=CCC=CCC=CCCCC(=O)OC(COC(=O)CCCCCCCCCCCCCCCCC)COP(=O)([O-])OC1C(O)C(O)C(OP(=O)([O-])O)C(OP(=O)([O-])O)C1O.[NH4+].[NH4+].[NH4+]. The lowest BCUT2D eigenvalue weighted by atomic mass is 9.85. The molecule has 1 saturated carbocycles. The van der Waals surface area contributed by atoms with Crippen LogP contribution in [0.15, 0.2) is 48.6 Å². The molecule has 0 spiro atoms. The van der Waals surface area contributed by atoms with E-state index < -0.39 is 91.3 Å². The monoisotopic (exact) mass is 1100 g/mol. The van der Waals surface area contributed by atoms with Gasteiger partial charge in [0.1, 0.15) is 43.2 Å². The zero-order chi connectivity index (χ0) is 51.4. The third-order valence-corrected chi connectivity index (χ3v) is 13.1. The van der Waals surface area contributed by atoms with Crippen molar-refractivity contribution in [2.45, 2.75) is 224 Å². The molecule has 0 bridgehead atoms. The third-order valence-electron chi connectivity index (χ3n) is 11.1. The Morgan fingerprint density at radius 1 is 0.486 bits per heavy atom. The molecule has 0 saturated heterocycles. The molecule has 17 N–H and O–H groups in total. The Labute approximate surface area is 428 Å². The van der Waals surface area contributed by atoms with Crippen LogP contribution in [0.2, 0.25) is 0 Å². The fraction of sp³-hybridized carbons (Fsp3) is 0.787. The van der Waals surface area contributed by atoms with Crippen LogP contribution in [0, 0.1) is 0 Å². The molecule has 0 aromatic heterocycles. The minimum atomic E-state index is -5.89. The van der Waals surface area contributed by atoms with Gasteiger partial charge in [0.15, 0.2) is 6.10 Å². The van der Waals surface area contributed by atoms with Crippen LogP contribution in [0.1, 0.15) is 181 Å². The van der Waals surface area contributed by atoms with E-state index >= 15 is 0 Å². The molecule has 1 rings (SSSR count). The van der Waals surface area contributed by atoms with E-state index in [0.717, 1.165) is 44.9 Å². The summed E-state index contributed by atoms with van der Waals surface area (Å²) in [5, 5.41) is 31.7. The summed E-state index contributed by atoms with van der Waals surface area (Å²) < 4.78 is 64.4. The number of phosphoric ester groups is 3. The third kappa shape index (κ3) is 39.4. The number of esters is 2. The topological polar surface area (TPSA) is 421 Å². The quantitative estimate of drug-likeness (QED) is 0.0123. The summed E-state index contributed by atoms with van der Waals surface area (Å²) in [6.07, 6.45) is 24.5. The lowest BCUT2D eigenvalue weighted by Gasteiger charge is -2.47. The maximum atomic E-state index is 13.0. The van der Waals surface area contributed by atoms with Crippen LogP contribution in [-0.2, 0) is 50.9 Å². The maximum Gasteiger partial charge on any atom is 0.306 e. The number of aliphatic hydroxyl groups excluding tert-OH is 3. The first-order chi connectivity index (χ1) is 32.8. The fourth-order valence-electron chi connectivity index (χ4n) is 7.38. The van der Waals surface area contributed by atoms with E-state index in [-0.39, 0.29) is 31.3 Å². The van der Waals surface area contributed by atoms with Crippen molar-refractivity contribution in [3.8, 4) is 0 Å². The van der Waals surface area contributed by atoms with E-state index in [4.69, 9.17) is 23.4 Å². The summed E-state index contributed by atoms with van der Waals surface area (Å²) in [7, 11) is -17.5. The molecule has 10 unspecified atom stereocenters. The Morgan fingerprint density at radius 3 is 1.32 bits per heavy atom. The van der Waals surface area contributed by atoms with Crippen molar-refractivity contribution < 1.29 is 90.6 Å². The number of hydrogen-bond acceptors (Lipinski definition) is 17. The van der Waals surface area contributed by atoms with Gasteiger partial charge in [-0.25, -0.2) is 0 Å². The number of aliphatic hydroxyl groups is 3. The Bertz CT molecular complexity index is 1650. The molecular weight excluding hydrogens is 1000 g/mol. The number of carbonyl (C=O) groups is 2. The summed E-state index contributed by atoms with van der Waals surface area (Å²) in [6.45, 7) is 2.76. The number of carbonyl (C=O) groups excluding carboxylic acids is 2. The van der Waals surface area contributed by atoms with Gasteiger partial charge in [0.05, 0.1) is 6.61 Å². The first-order valence-corrected chi connectivity index (χ1v) is 29.3. The predicted octanol–water partition coefficient (Wildman–Crippen LogP) is 8.64. The smallest absolute Gasteiger partial charge is 0.306 e. The van der Waals surface area contributed by atoms with Crippen LogP contribution in [0.4, 0.5) is 0 Å². The number of rotatable bonds is 42. The fourth-order valence-corrected chi connectivity index (χ4v) is 9.44. The lowest BCUT2D eigenvalue weighted by molar-refractivity contribution is -0.280.